The summed E-state index contributed by atoms with van der Waals surface area (Å²) in [5.41, 5.74) is 5.07. The minimum absolute atomic E-state index is 0.0327. The lowest BCUT2D eigenvalue weighted by Gasteiger charge is -2.59. The number of carbonyl (C=O) groups excluding carboxylic acids is 2. The Morgan fingerprint density at radius 1 is 1.38 bits per heavy atom. The van der Waals surface area contributed by atoms with E-state index in [1.807, 2.05) is 0 Å². The van der Waals surface area contributed by atoms with Crippen LogP contribution >= 0.6 is 0 Å². The van der Waals surface area contributed by atoms with E-state index in [1.54, 1.807) is 4.90 Å². The molecule has 2 rings (SSSR count). The molecular formula is C14H25N3O4. The van der Waals surface area contributed by atoms with Crippen LogP contribution in [0.4, 0.5) is 0 Å². The van der Waals surface area contributed by atoms with Crippen LogP contribution in [0.2, 0.25) is 0 Å². The van der Waals surface area contributed by atoms with Gasteiger partial charge in [-0.2, -0.15) is 0 Å². The predicted octanol–water partition coefficient (Wildman–Crippen LogP) is -1.08. The Balaban J connectivity index is 1.94. The molecule has 0 aromatic rings. The molecule has 1 saturated carbocycles. The maximum absolute atomic E-state index is 11.4. The van der Waals surface area contributed by atoms with Crippen LogP contribution in [0, 0.1) is 5.41 Å². The van der Waals surface area contributed by atoms with Crippen molar-refractivity contribution in [3.05, 3.63) is 0 Å². The number of rotatable bonds is 4. The number of aliphatic hydroxyl groups excluding tert-OH is 2. The average Bonchev–Trinajstić information content (AvgIpc) is 2.38. The molecular weight excluding hydrogens is 274 g/mol. The van der Waals surface area contributed by atoms with Gasteiger partial charge in [-0.05, 0) is 32.6 Å². The van der Waals surface area contributed by atoms with Gasteiger partial charge < -0.3 is 21.3 Å². The first kappa shape index (κ1) is 16.2. The highest BCUT2D eigenvalue weighted by Gasteiger charge is 2.56. The topological polar surface area (TPSA) is 116 Å². The third-order valence-corrected chi connectivity index (χ3v) is 4.85. The van der Waals surface area contributed by atoms with Gasteiger partial charge in [0.1, 0.15) is 12.3 Å². The molecule has 1 spiro atoms. The molecule has 0 aromatic carbocycles. The second-order valence-corrected chi connectivity index (χ2v) is 6.47. The van der Waals surface area contributed by atoms with Gasteiger partial charge in [0, 0.05) is 24.9 Å². The van der Waals surface area contributed by atoms with Gasteiger partial charge >= 0.3 is 0 Å². The molecule has 1 aliphatic carbocycles. The first-order valence-corrected chi connectivity index (χ1v) is 7.45. The van der Waals surface area contributed by atoms with E-state index < -0.39 is 24.3 Å². The zero-order valence-corrected chi connectivity index (χ0v) is 12.6. The Morgan fingerprint density at radius 2 is 1.95 bits per heavy atom. The Hall–Kier alpha value is -1.18. The van der Waals surface area contributed by atoms with Crippen molar-refractivity contribution in [2.45, 2.75) is 63.9 Å². The van der Waals surface area contributed by atoms with Crippen LogP contribution < -0.4 is 11.1 Å². The zero-order valence-electron chi connectivity index (χ0n) is 12.6. The lowest BCUT2D eigenvalue weighted by Crippen LogP contribution is -2.72. The lowest BCUT2D eigenvalue weighted by molar-refractivity contribution is -0.232. The van der Waals surface area contributed by atoms with Gasteiger partial charge in [0.15, 0.2) is 0 Å². The predicted molar refractivity (Wildman–Crippen MR) is 75.9 cm³/mol. The summed E-state index contributed by atoms with van der Waals surface area (Å²) in [6.07, 6.45) is 1.55. The smallest absolute Gasteiger partial charge is 0.237 e. The number of hydrogen-bond donors (Lipinski definition) is 4. The molecule has 2 fully saturated rings. The summed E-state index contributed by atoms with van der Waals surface area (Å²) in [7, 11) is 0. The average molecular weight is 299 g/mol. The van der Waals surface area contributed by atoms with Crippen molar-refractivity contribution < 1.29 is 19.8 Å². The molecule has 3 atom stereocenters. The minimum Gasteiger partial charge on any atom is -0.391 e. The molecule has 0 bridgehead atoms. The van der Waals surface area contributed by atoms with Crippen LogP contribution in [0.3, 0.4) is 0 Å². The maximum Gasteiger partial charge on any atom is 0.237 e. The molecule has 0 aromatic heterocycles. The number of nitrogens with zero attached hydrogens (tertiary/aromatic N) is 1. The third kappa shape index (κ3) is 3.04. The van der Waals surface area contributed by atoms with Gasteiger partial charge in [-0.1, -0.05) is 0 Å². The fourth-order valence-corrected chi connectivity index (χ4v) is 3.74. The summed E-state index contributed by atoms with van der Waals surface area (Å²) in [6.45, 7) is 3.56. The van der Waals surface area contributed by atoms with Crippen molar-refractivity contribution in [3.8, 4) is 0 Å². The summed E-state index contributed by atoms with van der Waals surface area (Å²) in [5, 5.41) is 23.0. The number of amides is 2. The second kappa shape index (κ2) is 5.90. The third-order valence-electron chi connectivity index (χ3n) is 4.85. The molecule has 2 amide bonds. The van der Waals surface area contributed by atoms with Crippen molar-refractivity contribution in [1.29, 1.82) is 0 Å². The highest BCUT2D eigenvalue weighted by molar-refractivity contribution is 5.80. The molecule has 120 valence electrons. The normalized spacial score (nSPS) is 35.8. The fourth-order valence-electron chi connectivity index (χ4n) is 3.74. The van der Waals surface area contributed by atoms with Gasteiger partial charge in [0.05, 0.1) is 6.10 Å². The monoisotopic (exact) mass is 299 g/mol. The highest BCUT2D eigenvalue weighted by atomic mass is 16.3. The Kier molecular flexibility index (Phi) is 4.55. The van der Waals surface area contributed by atoms with Crippen molar-refractivity contribution >= 4 is 11.8 Å². The zero-order chi connectivity index (χ0) is 15.8. The number of aliphatic hydroxyl groups is 2. The van der Waals surface area contributed by atoms with Crippen LogP contribution in [0.25, 0.3) is 0 Å². The first-order valence-electron chi connectivity index (χ1n) is 7.45. The molecule has 1 aliphatic heterocycles. The number of nitrogens with two attached hydrogens (primary N) is 1. The number of primary amides is 1. The largest absolute Gasteiger partial charge is 0.391 e. The standard InChI is InChI=1S/C14H25N3O4/c1-8(18)11(12(15)20)17-7-14(13(17)21)5-3-10(4-6-14)16-9(2)19/h8,10-11,13,18,21H,3-7H2,1-2H3,(H2,15,20)(H,16,19)/t8-,10?,11?,13?,14?/m1/s1. The molecule has 21 heavy (non-hydrogen) atoms. The van der Waals surface area contributed by atoms with Crippen LogP contribution in [-0.4, -0.2) is 57.9 Å². The number of hydrogen-bond acceptors (Lipinski definition) is 5. The van der Waals surface area contributed by atoms with Crippen molar-refractivity contribution in [2.75, 3.05) is 6.54 Å². The van der Waals surface area contributed by atoms with E-state index in [1.165, 1.54) is 13.8 Å². The molecule has 7 heteroatoms. The Labute approximate surface area is 124 Å². The second-order valence-electron chi connectivity index (χ2n) is 6.47. The summed E-state index contributed by atoms with van der Waals surface area (Å²) in [5.74, 6) is -0.652. The van der Waals surface area contributed by atoms with E-state index in [-0.39, 0.29) is 17.4 Å². The molecule has 5 N–H and O–H groups in total. The van der Waals surface area contributed by atoms with E-state index in [2.05, 4.69) is 5.32 Å². The highest BCUT2D eigenvalue weighted by Crippen LogP contribution is 2.48. The first-order chi connectivity index (χ1) is 9.77. The van der Waals surface area contributed by atoms with Gasteiger partial charge in [-0.25, -0.2) is 0 Å². The van der Waals surface area contributed by atoms with Crippen molar-refractivity contribution in [3.63, 3.8) is 0 Å². The van der Waals surface area contributed by atoms with Crippen LogP contribution in [0.15, 0.2) is 0 Å². The van der Waals surface area contributed by atoms with Gasteiger partial charge in [-0.15, -0.1) is 0 Å². The summed E-state index contributed by atoms with van der Waals surface area (Å²) in [6, 6.07) is -0.684. The van der Waals surface area contributed by atoms with Crippen LogP contribution in [-0.2, 0) is 9.59 Å². The SMILES string of the molecule is CC(=O)NC1CCC2(CC1)CN(C(C(N)=O)[C@@H](C)O)C2O. The lowest BCUT2D eigenvalue weighted by atomic mass is 9.65. The quantitative estimate of drug-likeness (QED) is 0.527. The summed E-state index contributed by atoms with van der Waals surface area (Å²) < 4.78 is 0. The minimum atomic E-state index is -0.912. The van der Waals surface area contributed by atoms with Crippen LogP contribution in [0.1, 0.15) is 39.5 Å². The van der Waals surface area contributed by atoms with Gasteiger partial charge in [0.2, 0.25) is 11.8 Å². The fraction of sp³-hybridized carbons (Fsp3) is 0.857. The van der Waals surface area contributed by atoms with Gasteiger partial charge in [0.25, 0.3) is 0 Å². The molecule has 7 nitrogen and oxygen atoms in total. The molecule has 2 aliphatic rings. The van der Waals surface area contributed by atoms with Crippen molar-refractivity contribution in [1.82, 2.24) is 10.2 Å². The van der Waals surface area contributed by atoms with E-state index in [9.17, 15) is 19.8 Å². The number of likely N-dealkylation sites (tertiary alicyclic amines) is 1. The van der Waals surface area contributed by atoms with E-state index in [0.717, 1.165) is 25.7 Å². The maximum atomic E-state index is 11.4. The number of carbonyl (C=O) groups is 2. The van der Waals surface area contributed by atoms with Gasteiger partial charge in [-0.3, -0.25) is 14.5 Å². The van der Waals surface area contributed by atoms with Crippen LogP contribution in [0.5, 0.6) is 0 Å². The summed E-state index contributed by atoms with van der Waals surface area (Å²) in [4.78, 5) is 24.1. The Bertz CT molecular complexity index is 418. The van der Waals surface area contributed by atoms with E-state index >= 15 is 0 Å². The molecule has 0 radical (unpaired) electrons. The van der Waals surface area contributed by atoms with E-state index in [4.69, 9.17) is 5.73 Å². The Morgan fingerprint density at radius 3 is 2.33 bits per heavy atom. The molecule has 1 heterocycles. The van der Waals surface area contributed by atoms with Crippen molar-refractivity contribution in [2.24, 2.45) is 11.1 Å². The van der Waals surface area contributed by atoms with E-state index in [0.29, 0.717) is 6.54 Å². The molecule has 2 unspecified atom stereocenters. The summed E-state index contributed by atoms with van der Waals surface area (Å²) >= 11 is 0. The number of nitrogens with one attached hydrogen (secondary N) is 1. The molecule has 1 saturated heterocycles.